The van der Waals surface area contributed by atoms with Crippen LogP contribution >= 0.6 is 0 Å². The first-order valence-corrected chi connectivity index (χ1v) is 6.08. The van der Waals surface area contributed by atoms with Gasteiger partial charge in [-0.05, 0) is 24.7 Å². The van der Waals surface area contributed by atoms with Crippen LogP contribution in [-0.4, -0.2) is 48.4 Å². The van der Waals surface area contributed by atoms with Crippen LogP contribution in [0, 0.1) is 11.6 Å². The van der Waals surface area contributed by atoms with E-state index in [4.69, 9.17) is 0 Å². The summed E-state index contributed by atoms with van der Waals surface area (Å²) in [5.41, 5.74) is -0.181. The standard InChI is InChI=1S/C13H16F2N2O/c1-2-16-5-7-17(8-6-16)13(18)11-9-10(14)3-4-12(11)15/h3-4,9H,2,5-8H2,1H3. The largest absolute Gasteiger partial charge is 0.336 e. The zero-order chi connectivity index (χ0) is 13.1. The highest BCUT2D eigenvalue weighted by atomic mass is 19.1. The molecule has 0 unspecified atom stereocenters. The van der Waals surface area contributed by atoms with Crippen molar-refractivity contribution in [1.82, 2.24) is 9.80 Å². The van der Waals surface area contributed by atoms with Gasteiger partial charge >= 0.3 is 0 Å². The second-order valence-corrected chi connectivity index (χ2v) is 4.35. The molecule has 1 heterocycles. The first-order valence-electron chi connectivity index (χ1n) is 6.08. The summed E-state index contributed by atoms with van der Waals surface area (Å²) >= 11 is 0. The van der Waals surface area contributed by atoms with Crippen LogP contribution in [-0.2, 0) is 0 Å². The molecule has 0 saturated carbocycles. The fourth-order valence-corrected chi connectivity index (χ4v) is 2.10. The number of piperazine rings is 1. The third-order valence-electron chi connectivity index (χ3n) is 3.27. The lowest BCUT2D eigenvalue weighted by atomic mass is 10.1. The molecule has 3 nitrogen and oxygen atoms in total. The Bertz CT molecular complexity index is 443. The van der Waals surface area contributed by atoms with Crippen molar-refractivity contribution in [3.63, 3.8) is 0 Å². The number of carbonyl (C=O) groups excluding carboxylic acids is 1. The molecule has 5 heteroatoms. The zero-order valence-electron chi connectivity index (χ0n) is 10.3. The monoisotopic (exact) mass is 254 g/mol. The lowest BCUT2D eigenvalue weighted by Gasteiger charge is -2.34. The minimum absolute atomic E-state index is 0.181. The number of halogens is 2. The summed E-state index contributed by atoms with van der Waals surface area (Å²) in [4.78, 5) is 15.9. The first-order chi connectivity index (χ1) is 8.61. The Morgan fingerprint density at radius 2 is 1.89 bits per heavy atom. The Hall–Kier alpha value is -1.49. The molecular weight excluding hydrogens is 238 g/mol. The first kappa shape index (κ1) is 13.0. The number of amides is 1. The van der Waals surface area contributed by atoms with Crippen LogP contribution in [0.2, 0.25) is 0 Å². The molecule has 0 atom stereocenters. The minimum Gasteiger partial charge on any atom is -0.336 e. The van der Waals surface area contributed by atoms with Gasteiger partial charge in [0, 0.05) is 26.2 Å². The third-order valence-corrected chi connectivity index (χ3v) is 3.27. The van der Waals surface area contributed by atoms with Gasteiger partial charge in [0.25, 0.3) is 5.91 Å². The molecule has 1 aromatic carbocycles. The Morgan fingerprint density at radius 1 is 1.22 bits per heavy atom. The van der Waals surface area contributed by atoms with Crippen molar-refractivity contribution in [1.29, 1.82) is 0 Å². The second-order valence-electron chi connectivity index (χ2n) is 4.35. The van der Waals surface area contributed by atoms with Crippen LogP contribution in [0.1, 0.15) is 17.3 Å². The Labute approximate surface area is 105 Å². The summed E-state index contributed by atoms with van der Waals surface area (Å²) in [6, 6.07) is 2.97. The maximum Gasteiger partial charge on any atom is 0.257 e. The normalized spacial score (nSPS) is 16.9. The molecule has 1 saturated heterocycles. The van der Waals surface area contributed by atoms with Crippen molar-refractivity contribution < 1.29 is 13.6 Å². The van der Waals surface area contributed by atoms with Crippen LogP contribution in [0.5, 0.6) is 0 Å². The fourth-order valence-electron chi connectivity index (χ4n) is 2.10. The smallest absolute Gasteiger partial charge is 0.257 e. The van der Waals surface area contributed by atoms with Crippen molar-refractivity contribution in [3.8, 4) is 0 Å². The van der Waals surface area contributed by atoms with Crippen LogP contribution in [0.3, 0.4) is 0 Å². The van der Waals surface area contributed by atoms with E-state index in [0.29, 0.717) is 13.1 Å². The molecule has 0 radical (unpaired) electrons. The molecule has 0 N–H and O–H groups in total. The van der Waals surface area contributed by atoms with Crippen molar-refractivity contribution in [2.75, 3.05) is 32.7 Å². The quantitative estimate of drug-likeness (QED) is 0.802. The van der Waals surface area contributed by atoms with Crippen LogP contribution in [0.25, 0.3) is 0 Å². The van der Waals surface area contributed by atoms with E-state index < -0.39 is 17.5 Å². The summed E-state index contributed by atoms with van der Waals surface area (Å²) in [7, 11) is 0. The maximum atomic E-state index is 13.5. The van der Waals surface area contributed by atoms with Crippen molar-refractivity contribution >= 4 is 5.91 Å². The van der Waals surface area contributed by atoms with Crippen LogP contribution in [0.4, 0.5) is 8.78 Å². The van der Waals surface area contributed by atoms with E-state index in [1.165, 1.54) is 0 Å². The van der Waals surface area contributed by atoms with Gasteiger partial charge in [0.1, 0.15) is 11.6 Å². The Balaban J connectivity index is 2.10. The zero-order valence-corrected chi connectivity index (χ0v) is 10.3. The van der Waals surface area contributed by atoms with Crippen molar-refractivity contribution in [2.24, 2.45) is 0 Å². The molecule has 1 amide bonds. The predicted octanol–water partition coefficient (Wildman–Crippen LogP) is 1.74. The number of rotatable bonds is 2. The van der Waals surface area contributed by atoms with E-state index in [1.54, 1.807) is 4.90 Å². The van der Waals surface area contributed by atoms with Gasteiger partial charge in [0.15, 0.2) is 0 Å². The number of hydrogen-bond acceptors (Lipinski definition) is 2. The summed E-state index contributed by atoms with van der Waals surface area (Å²) in [5, 5.41) is 0. The highest BCUT2D eigenvalue weighted by Crippen LogP contribution is 2.14. The Kier molecular flexibility index (Phi) is 3.91. The minimum atomic E-state index is -0.667. The van der Waals surface area contributed by atoms with Gasteiger partial charge in [-0.15, -0.1) is 0 Å². The predicted molar refractivity (Wildman–Crippen MR) is 64.4 cm³/mol. The van der Waals surface area contributed by atoms with Crippen LogP contribution in [0.15, 0.2) is 18.2 Å². The maximum absolute atomic E-state index is 13.5. The number of nitrogens with zero attached hydrogens (tertiary/aromatic N) is 2. The molecular formula is C13H16F2N2O. The van der Waals surface area contributed by atoms with Gasteiger partial charge < -0.3 is 9.80 Å². The fraction of sp³-hybridized carbons (Fsp3) is 0.462. The molecule has 0 aliphatic carbocycles. The van der Waals surface area contributed by atoms with E-state index in [9.17, 15) is 13.6 Å². The highest BCUT2D eigenvalue weighted by Gasteiger charge is 2.23. The molecule has 2 rings (SSSR count). The van der Waals surface area contributed by atoms with E-state index in [-0.39, 0.29) is 5.56 Å². The molecule has 1 aliphatic heterocycles. The van der Waals surface area contributed by atoms with Crippen LogP contribution < -0.4 is 0 Å². The second kappa shape index (κ2) is 5.44. The number of benzene rings is 1. The topological polar surface area (TPSA) is 23.6 Å². The van der Waals surface area contributed by atoms with E-state index >= 15 is 0 Å². The van der Waals surface area contributed by atoms with Crippen molar-refractivity contribution in [3.05, 3.63) is 35.4 Å². The van der Waals surface area contributed by atoms with Gasteiger partial charge in [-0.25, -0.2) is 8.78 Å². The molecule has 18 heavy (non-hydrogen) atoms. The average Bonchev–Trinajstić information content (AvgIpc) is 2.41. The highest BCUT2D eigenvalue weighted by molar-refractivity contribution is 5.94. The number of carbonyl (C=O) groups is 1. The van der Waals surface area contributed by atoms with Gasteiger partial charge in [0.05, 0.1) is 5.56 Å². The molecule has 1 fully saturated rings. The molecule has 0 spiro atoms. The average molecular weight is 254 g/mol. The summed E-state index contributed by atoms with van der Waals surface area (Å²) in [5.74, 6) is -1.69. The third kappa shape index (κ3) is 2.67. The van der Waals surface area contributed by atoms with E-state index in [0.717, 1.165) is 37.8 Å². The lowest BCUT2D eigenvalue weighted by molar-refractivity contribution is 0.0638. The lowest BCUT2D eigenvalue weighted by Crippen LogP contribution is -2.48. The van der Waals surface area contributed by atoms with Crippen molar-refractivity contribution in [2.45, 2.75) is 6.92 Å². The molecule has 1 aliphatic rings. The number of hydrogen-bond donors (Lipinski definition) is 0. The van der Waals surface area contributed by atoms with E-state index in [2.05, 4.69) is 11.8 Å². The molecule has 1 aromatic rings. The molecule has 98 valence electrons. The van der Waals surface area contributed by atoms with Gasteiger partial charge in [0.2, 0.25) is 0 Å². The van der Waals surface area contributed by atoms with Gasteiger partial charge in [-0.2, -0.15) is 0 Å². The summed E-state index contributed by atoms with van der Waals surface area (Å²) in [6.45, 7) is 5.67. The Morgan fingerprint density at radius 3 is 2.50 bits per heavy atom. The SMILES string of the molecule is CCN1CCN(C(=O)c2cc(F)ccc2F)CC1. The molecule has 0 bridgehead atoms. The van der Waals surface area contributed by atoms with Gasteiger partial charge in [-0.3, -0.25) is 4.79 Å². The number of likely N-dealkylation sites (N-methyl/N-ethyl adjacent to an activating group) is 1. The van der Waals surface area contributed by atoms with Gasteiger partial charge in [-0.1, -0.05) is 6.92 Å². The summed E-state index contributed by atoms with van der Waals surface area (Å²) in [6.07, 6.45) is 0. The van der Waals surface area contributed by atoms with E-state index in [1.807, 2.05) is 0 Å². The molecule has 0 aromatic heterocycles. The summed E-state index contributed by atoms with van der Waals surface area (Å²) < 4.78 is 26.5.